The average Bonchev–Trinajstić information content (AvgIpc) is 3.29. The molecule has 3 heterocycles. The molecule has 0 radical (unpaired) electrons. The summed E-state index contributed by atoms with van der Waals surface area (Å²) in [7, 11) is 0. The second-order valence-corrected chi connectivity index (χ2v) is 10.4. The third-order valence-corrected chi connectivity index (χ3v) is 6.91. The van der Waals surface area contributed by atoms with Gasteiger partial charge < -0.3 is 4.40 Å². The van der Waals surface area contributed by atoms with Gasteiger partial charge in [0.25, 0.3) is 0 Å². The Bertz CT molecular complexity index is 1610. The van der Waals surface area contributed by atoms with Crippen LogP contribution >= 0.6 is 0 Å². The van der Waals surface area contributed by atoms with Gasteiger partial charge in [-0.05, 0) is 58.9 Å². The minimum atomic E-state index is 0.0858. The maximum absolute atomic E-state index is 4.78. The molecule has 6 rings (SSSR count). The molecule has 0 fully saturated rings. The lowest BCUT2D eigenvalue weighted by Crippen LogP contribution is -2.10. The van der Waals surface area contributed by atoms with E-state index in [2.05, 4.69) is 106 Å². The first kappa shape index (κ1) is 19.3. The van der Waals surface area contributed by atoms with Crippen LogP contribution in [0.3, 0.4) is 0 Å². The first-order chi connectivity index (χ1) is 15.3. The molecule has 3 aromatic heterocycles. The van der Waals surface area contributed by atoms with Crippen molar-refractivity contribution < 1.29 is 0 Å². The fourth-order valence-electron chi connectivity index (χ4n) is 5.01. The van der Waals surface area contributed by atoms with Gasteiger partial charge in [0.1, 0.15) is 0 Å². The molecule has 0 spiro atoms. The van der Waals surface area contributed by atoms with Crippen molar-refractivity contribution in [3.63, 3.8) is 0 Å². The quantitative estimate of drug-likeness (QED) is 0.277. The van der Waals surface area contributed by atoms with Gasteiger partial charge in [-0.2, -0.15) is 0 Å². The number of fused-ring (bicyclic) bond motifs is 6. The maximum Gasteiger partial charge on any atom is 0.0702 e. The molecule has 0 aliphatic carbocycles. The molecule has 2 nitrogen and oxygen atoms in total. The SMILES string of the molecule is CC(C)c1ccc(-c2ccc3c(c2)c2cc(C(C)(C)C)cc4c5ccccc5n3c42)nc1. The Morgan fingerprint density at radius 2 is 1.47 bits per heavy atom. The molecule has 2 heteroatoms. The van der Waals surface area contributed by atoms with Crippen molar-refractivity contribution in [3.8, 4) is 11.3 Å². The first-order valence-electron chi connectivity index (χ1n) is 11.5. The predicted molar refractivity (Wildman–Crippen MR) is 137 cm³/mol. The van der Waals surface area contributed by atoms with Gasteiger partial charge in [0.2, 0.25) is 0 Å². The van der Waals surface area contributed by atoms with E-state index in [0.29, 0.717) is 5.92 Å². The van der Waals surface area contributed by atoms with Crippen LogP contribution in [0.15, 0.2) is 72.9 Å². The summed E-state index contributed by atoms with van der Waals surface area (Å²) in [6.45, 7) is 11.3. The molecule has 0 amide bonds. The van der Waals surface area contributed by atoms with Gasteiger partial charge in [0, 0.05) is 33.3 Å². The zero-order chi connectivity index (χ0) is 22.2. The minimum Gasteiger partial charge on any atom is -0.308 e. The molecule has 0 bridgehead atoms. The van der Waals surface area contributed by atoms with Crippen LogP contribution in [0, 0.1) is 0 Å². The molecule has 0 atom stereocenters. The zero-order valence-corrected chi connectivity index (χ0v) is 19.4. The monoisotopic (exact) mass is 416 g/mol. The predicted octanol–water partition coefficient (Wildman–Crippen LogP) is 8.32. The van der Waals surface area contributed by atoms with Gasteiger partial charge in [-0.25, -0.2) is 0 Å². The molecule has 32 heavy (non-hydrogen) atoms. The van der Waals surface area contributed by atoms with Crippen molar-refractivity contribution in [2.75, 3.05) is 0 Å². The molecule has 0 aliphatic rings. The third kappa shape index (κ3) is 2.69. The van der Waals surface area contributed by atoms with Crippen molar-refractivity contribution in [3.05, 3.63) is 84.1 Å². The van der Waals surface area contributed by atoms with Crippen molar-refractivity contribution in [1.82, 2.24) is 9.38 Å². The van der Waals surface area contributed by atoms with Crippen LogP contribution < -0.4 is 0 Å². The van der Waals surface area contributed by atoms with Crippen molar-refractivity contribution >= 4 is 38.1 Å². The molecule has 158 valence electrons. The van der Waals surface area contributed by atoms with Crippen molar-refractivity contribution in [2.24, 2.45) is 0 Å². The Kier molecular flexibility index (Phi) is 3.96. The molecular weight excluding hydrogens is 388 g/mol. The largest absolute Gasteiger partial charge is 0.308 e. The summed E-state index contributed by atoms with van der Waals surface area (Å²) in [6, 6.07) is 24.8. The van der Waals surface area contributed by atoms with E-state index in [1.54, 1.807) is 0 Å². The summed E-state index contributed by atoms with van der Waals surface area (Å²) in [5, 5.41) is 5.31. The second-order valence-electron chi connectivity index (χ2n) is 10.4. The maximum atomic E-state index is 4.78. The molecule has 0 aliphatic heterocycles. The Balaban J connectivity index is 1.70. The van der Waals surface area contributed by atoms with Crippen LogP contribution in [0.25, 0.3) is 49.4 Å². The summed E-state index contributed by atoms with van der Waals surface area (Å²) < 4.78 is 2.45. The molecule has 3 aromatic carbocycles. The molecule has 0 unspecified atom stereocenters. The molecule has 0 N–H and O–H groups in total. The number of pyridine rings is 1. The van der Waals surface area contributed by atoms with Gasteiger partial charge in [0.05, 0.1) is 22.2 Å². The number of rotatable bonds is 2. The number of para-hydroxylation sites is 1. The Morgan fingerprint density at radius 1 is 0.750 bits per heavy atom. The Hall–Kier alpha value is -3.39. The standard InChI is InChI=1S/C30H28N2/c1-18(2)20-10-12-26(31-17-20)19-11-13-28-23(14-19)25-16-21(30(3,4)5)15-24-22-8-6-7-9-27(22)32(28)29(24)25/h6-18H,1-5H3. The van der Waals surface area contributed by atoms with E-state index >= 15 is 0 Å². The van der Waals surface area contributed by atoms with Gasteiger partial charge >= 0.3 is 0 Å². The summed E-state index contributed by atoms with van der Waals surface area (Å²) in [4.78, 5) is 4.78. The highest BCUT2D eigenvalue weighted by molar-refractivity contribution is 6.23. The first-order valence-corrected chi connectivity index (χ1v) is 11.5. The Morgan fingerprint density at radius 3 is 2.16 bits per heavy atom. The van der Waals surface area contributed by atoms with E-state index in [-0.39, 0.29) is 5.41 Å². The van der Waals surface area contributed by atoms with E-state index in [1.807, 2.05) is 6.20 Å². The lowest BCUT2D eigenvalue weighted by Gasteiger charge is -2.19. The fraction of sp³-hybridized carbons (Fsp3) is 0.233. The fourth-order valence-corrected chi connectivity index (χ4v) is 5.01. The Labute approximate surface area is 188 Å². The number of benzene rings is 3. The minimum absolute atomic E-state index is 0.0858. The lowest BCUT2D eigenvalue weighted by atomic mass is 9.85. The number of hydrogen-bond acceptors (Lipinski definition) is 1. The summed E-state index contributed by atoms with van der Waals surface area (Å²) >= 11 is 0. The highest BCUT2D eigenvalue weighted by Crippen LogP contribution is 2.42. The highest BCUT2D eigenvalue weighted by Gasteiger charge is 2.22. The summed E-state index contributed by atoms with van der Waals surface area (Å²) in [5.74, 6) is 0.490. The van der Waals surface area contributed by atoms with Crippen LogP contribution in [0.1, 0.15) is 51.7 Å². The number of aromatic nitrogens is 2. The third-order valence-electron chi connectivity index (χ3n) is 6.91. The molecule has 0 saturated carbocycles. The van der Waals surface area contributed by atoms with E-state index in [4.69, 9.17) is 4.98 Å². The average molecular weight is 417 g/mol. The van der Waals surface area contributed by atoms with Crippen molar-refractivity contribution in [1.29, 1.82) is 0 Å². The lowest BCUT2D eigenvalue weighted by molar-refractivity contribution is 0.592. The van der Waals surface area contributed by atoms with Crippen LogP contribution in [0.2, 0.25) is 0 Å². The number of hydrogen-bond donors (Lipinski definition) is 0. The summed E-state index contributed by atoms with van der Waals surface area (Å²) in [6.07, 6.45) is 2.02. The van der Waals surface area contributed by atoms with Crippen LogP contribution in [0.4, 0.5) is 0 Å². The van der Waals surface area contributed by atoms with Gasteiger partial charge in [-0.15, -0.1) is 0 Å². The topological polar surface area (TPSA) is 17.3 Å². The van der Waals surface area contributed by atoms with E-state index in [0.717, 1.165) is 5.69 Å². The second kappa shape index (κ2) is 6.56. The molecular formula is C30H28N2. The van der Waals surface area contributed by atoms with Crippen LogP contribution in [-0.2, 0) is 5.41 Å². The molecule has 0 saturated heterocycles. The zero-order valence-electron chi connectivity index (χ0n) is 19.4. The van der Waals surface area contributed by atoms with E-state index in [1.165, 1.54) is 54.8 Å². The van der Waals surface area contributed by atoms with Gasteiger partial charge in [-0.3, -0.25) is 4.98 Å². The number of nitrogens with zero attached hydrogens (tertiary/aromatic N) is 2. The van der Waals surface area contributed by atoms with Crippen LogP contribution in [-0.4, -0.2) is 9.38 Å². The normalized spacial score (nSPS) is 12.8. The van der Waals surface area contributed by atoms with Gasteiger partial charge in [-0.1, -0.05) is 65.0 Å². The molecule has 6 aromatic rings. The summed E-state index contributed by atoms with van der Waals surface area (Å²) in [5.41, 5.74) is 8.81. The van der Waals surface area contributed by atoms with Gasteiger partial charge in [0.15, 0.2) is 0 Å². The highest BCUT2D eigenvalue weighted by atomic mass is 14.9. The van der Waals surface area contributed by atoms with Crippen LogP contribution in [0.5, 0.6) is 0 Å². The van der Waals surface area contributed by atoms with E-state index in [9.17, 15) is 0 Å². The van der Waals surface area contributed by atoms with Crippen molar-refractivity contribution in [2.45, 2.75) is 46.0 Å². The smallest absolute Gasteiger partial charge is 0.0702 e. The van der Waals surface area contributed by atoms with E-state index < -0.39 is 0 Å².